The molecule has 0 spiro atoms. The largest absolute Gasteiger partial charge is 0.379 e. The number of aryl methyl sites for hydroxylation is 1. The summed E-state index contributed by atoms with van der Waals surface area (Å²) in [7, 11) is 0. The van der Waals surface area contributed by atoms with Gasteiger partial charge in [-0.2, -0.15) is 4.99 Å². The summed E-state index contributed by atoms with van der Waals surface area (Å²) in [5.74, 6) is -0.0107. The highest BCUT2D eigenvalue weighted by molar-refractivity contribution is 8.16. The van der Waals surface area contributed by atoms with Gasteiger partial charge >= 0.3 is 0 Å². The van der Waals surface area contributed by atoms with Crippen molar-refractivity contribution < 1.29 is 9.53 Å². The topological polar surface area (TPSA) is 45.1 Å². The van der Waals surface area contributed by atoms with Gasteiger partial charge in [-0.15, -0.1) is 0 Å². The SMILES string of the molecule is Cc1ccc(C2=CSC3=NC(=O)C(CCN4CCOCC4)N23)cc1. The maximum Gasteiger partial charge on any atom is 0.271 e. The summed E-state index contributed by atoms with van der Waals surface area (Å²) in [6.07, 6.45) is 0.801. The maximum atomic E-state index is 12.4. The third-order valence-electron chi connectivity index (χ3n) is 4.71. The number of nitrogens with zero attached hydrogens (tertiary/aromatic N) is 3. The quantitative estimate of drug-likeness (QED) is 0.840. The van der Waals surface area contributed by atoms with Gasteiger partial charge in [-0.3, -0.25) is 9.69 Å². The molecule has 24 heavy (non-hydrogen) atoms. The predicted molar refractivity (Wildman–Crippen MR) is 96.7 cm³/mol. The van der Waals surface area contributed by atoms with Crippen molar-refractivity contribution in [2.75, 3.05) is 32.8 Å². The van der Waals surface area contributed by atoms with Crippen LogP contribution in [0.4, 0.5) is 0 Å². The molecule has 126 valence electrons. The summed E-state index contributed by atoms with van der Waals surface area (Å²) in [5.41, 5.74) is 3.47. The Labute approximate surface area is 146 Å². The smallest absolute Gasteiger partial charge is 0.271 e. The Morgan fingerprint density at radius 3 is 2.75 bits per heavy atom. The van der Waals surface area contributed by atoms with E-state index in [4.69, 9.17) is 4.74 Å². The Morgan fingerprint density at radius 2 is 2.00 bits per heavy atom. The van der Waals surface area contributed by atoms with Crippen LogP contribution in [-0.4, -0.2) is 59.8 Å². The predicted octanol–water partition coefficient (Wildman–Crippen LogP) is 2.33. The number of amides is 1. The normalized spacial score (nSPS) is 24.1. The molecule has 1 aromatic carbocycles. The Hall–Kier alpha value is -1.63. The molecule has 1 unspecified atom stereocenters. The Bertz CT molecular complexity index is 693. The lowest BCUT2D eigenvalue weighted by Gasteiger charge is -2.30. The van der Waals surface area contributed by atoms with Crippen LogP contribution in [0.1, 0.15) is 17.5 Å². The van der Waals surface area contributed by atoms with Gasteiger partial charge in [0.1, 0.15) is 6.04 Å². The van der Waals surface area contributed by atoms with Crippen molar-refractivity contribution in [3.05, 3.63) is 40.8 Å². The van der Waals surface area contributed by atoms with Crippen LogP contribution in [0.5, 0.6) is 0 Å². The summed E-state index contributed by atoms with van der Waals surface area (Å²) in [4.78, 5) is 21.1. The van der Waals surface area contributed by atoms with Crippen LogP contribution in [0.2, 0.25) is 0 Å². The lowest BCUT2D eigenvalue weighted by Crippen LogP contribution is -2.41. The van der Waals surface area contributed by atoms with Gasteiger partial charge in [-0.05, 0) is 18.9 Å². The molecule has 1 fully saturated rings. The van der Waals surface area contributed by atoms with Crippen molar-refractivity contribution in [1.82, 2.24) is 9.80 Å². The number of morpholine rings is 1. The molecular weight excluding hydrogens is 322 g/mol. The van der Waals surface area contributed by atoms with E-state index in [0.717, 1.165) is 55.7 Å². The van der Waals surface area contributed by atoms with E-state index < -0.39 is 0 Å². The van der Waals surface area contributed by atoms with Crippen molar-refractivity contribution in [2.24, 2.45) is 4.99 Å². The first-order chi connectivity index (χ1) is 11.7. The average Bonchev–Trinajstić information content (AvgIpc) is 3.13. The molecule has 1 aromatic rings. The van der Waals surface area contributed by atoms with Crippen molar-refractivity contribution in [3.8, 4) is 0 Å². The second-order valence-electron chi connectivity index (χ2n) is 6.35. The molecule has 0 radical (unpaired) electrons. The molecule has 0 aromatic heterocycles. The van der Waals surface area contributed by atoms with Gasteiger partial charge in [-0.25, -0.2) is 0 Å². The highest BCUT2D eigenvalue weighted by Crippen LogP contribution is 2.39. The number of fused-ring (bicyclic) bond motifs is 1. The summed E-state index contributed by atoms with van der Waals surface area (Å²) in [6, 6.07) is 8.28. The molecule has 6 heteroatoms. The average molecular weight is 343 g/mol. The van der Waals surface area contributed by atoms with Gasteiger partial charge in [-0.1, -0.05) is 41.6 Å². The first kappa shape index (κ1) is 15.9. The fourth-order valence-corrected chi connectivity index (χ4v) is 4.25. The third kappa shape index (κ3) is 3.01. The van der Waals surface area contributed by atoms with Crippen LogP contribution in [0.3, 0.4) is 0 Å². The highest BCUT2D eigenvalue weighted by atomic mass is 32.2. The van der Waals surface area contributed by atoms with Crippen LogP contribution in [0, 0.1) is 6.92 Å². The third-order valence-corrected chi connectivity index (χ3v) is 5.55. The molecule has 1 amide bonds. The van der Waals surface area contributed by atoms with Crippen molar-refractivity contribution in [2.45, 2.75) is 19.4 Å². The van der Waals surface area contributed by atoms with Crippen LogP contribution < -0.4 is 0 Å². The summed E-state index contributed by atoms with van der Waals surface area (Å²) in [5, 5.41) is 2.93. The number of rotatable bonds is 4. The van der Waals surface area contributed by atoms with Gasteiger partial charge in [0.05, 0.1) is 18.9 Å². The highest BCUT2D eigenvalue weighted by Gasteiger charge is 2.40. The van der Waals surface area contributed by atoms with Gasteiger partial charge < -0.3 is 9.64 Å². The number of hydrogen-bond acceptors (Lipinski definition) is 5. The molecule has 0 N–H and O–H groups in total. The molecule has 3 aliphatic rings. The molecule has 0 saturated carbocycles. The van der Waals surface area contributed by atoms with Crippen molar-refractivity contribution in [1.29, 1.82) is 0 Å². The van der Waals surface area contributed by atoms with E-state index in [1.807, 2.05) is 0 Å². The molecule has 4 rings (SSSR count). The van der Waals surface area contributed by atoms with E-state index in [2.05, 4.69) is 51.4 Å². The molecular formula is C18H21N3O2S. The number of carbonyl (C=O) groups excluding carboxylic acids is 1. The minimum Gasteiger partial charge on any atom is -0.379 e. The van der Waals surface area contributed by atoms with E-state index in [0.29, 0.717) is 0 Å². The van der Waals surface area contributed by atoms with Crippen LogP contribution in [0.15, 0.2) is 34.7 Å². The molecule has 3 heterocycles. The maximum absolute atomic E-state index is 12.4. The van der Waals surface area contributed by atoms with Gasteiger partial charge in [0, 0.05) is 25.0 Å². The standard InChI is InChI=1S/C18H21N3O2S/c1-13-2-4-14(5-3-13)16-12-24-18-19-17(22)15(21(16)18)6-7-20-8-10-23-11-9-20/h2-5,12,15H,6-11H2,1H3. The minimum atomic E-state index is -0.176. The molecule has 5 nitrogen and oxygen atoms in total. The lowest BCUT2D eigenvalue weighted by molar-refractivity contribution is -0.120. The molecule has 0 aliphatic carbocycles. The number of thioether (sulfide) groups is 1. The number of ether oxygens (including phenoxy) is 1. The Morgan fingerprint density at radius 1 is 1.25 bits per heavy atom. The van der Waals surface area contributed by atoms with E-state index >= 15 is 0 Å². The monoisotopic (exact) mass is 343 g/mol. The van der Waals surface area contributed by atoms with E-state index in [1.54, 1.807) is 11.8 Å². The molecule has 0 bridgehead atoms. The van der Waals surface area contributed by atoms with Gasteiger partial charge in [0.25, 0.3) is 5.91 Å². The number of carbonyl (C=O) groups is 1. The van der Waals surface area contributed by atoms with E-state index in [-0.39, 0.29) is 11.9 Å². The Kier molecular flexibility index (Phi) is 4.43. The minimum absolute atomic E-state index is 0.0107. The summed E-state index contributed by atoms with van der Waals surface area (Å²) in [6.45, 7) is 6.46. The second kappa shape index (κ2) is 6.70. The zero-order valence-electron chi connectivity index (χ0n) is 13.8. The van der Waals surface area contributed by atoms with E-state index in [9.17, 15) is 4.79 Å². The van der Waals surface area contributed by atoms with E-state index in [1.165, 1.54) is 5.56 Å². The zero-order valence-corrected chi connectivity index (χ0v) is 14.6. The first-order valence-electron chi connectivity index (χ1n) is 8.38. The number of amidine groups is 1. The van der Waals surface area contributed by atoms with Crippen LogP contribution in [-0.2, 0) is 9.53 Å². The number of aliphatic imine (C=N–C) groups is 1. The fraction of sp³-hybridized carbons (Fsp3) is 0.444. The van der Waals surface area contributed by atoms with Gasteiger partial charge in [0.2, 0.25) is 0 Å². The lowest BCUT2D eigenvalue weighted by atomic mass is 10.1. The van der Waals surface area contributed by atoms with Gasteiger partial charge in [0.15, 0.2) is 5.17 Å². The number of hydrogen-bond donors (Lipinski definition) is 0. The zero-order chi connectivity index (χ0) is 16.5. The van der Waals surface area contributed by atoms with Crippen LogP contribution in [0.25, 0.3) is 5.70 Å². The Balaban J connectivity index is 1.49. The summed E-state index contributed by atoms with van der Waals surface area (Å²) >= 11 is 1.55. The molecule has 3 aliphatic heterocycles. The van der Waals surface area contributed by atoms with Crippen LogP contribution >= 0.6 is 11.8 Å². The fourth-order valence-electron chi connectivity index (χ4n) is 3.30. The molecule has 1 atom stereocenters. The molecule has 1 saturated heterocycles. The van der Waals surface area contributed by atoms with Crippen molar-refractivity contribution in [3.63, 3.8) is 0 Å². The first-order valence-corrected chi connectivity index (χ1v) is 9.26. The second-order valence-corrected chi connectivity index (χ2v) is 7.18. The number of benzene rings is 1. The summed E-state index contributed by atoms with van der Waals surface area (Å²) < 4.78 is 5.39. The van der Waals surface area contributed by atoms with Crippen molar-refractivity contribution >= 4 is 28.5 Å².